The lowest BCUT2D eigenvalue weighted by Crippen LogP contribution is -2.20. The van der Waals surface area contributed by atoms with Crippen LogP contribution in [0.2, 0.25) is 0 Å². The molecule has 2 rings (SSSR count). The van der Waals surface area contributed by atoms with Crippen LogP contribution in [0.15, 0.2) is 15.2 Å². The summed E-state index contributed by atoms with van der Waals surface area (Å²) in [5, 5.41) is 11.2. The quantitative estimate of drug-likeness (QED) is 0.916. The highest BCUT2D eigenvalue weighted by Crippen LogP contribution is 2.24. The van der Waals surface area contributed by atoms with E-state index in [-0.39, 0.29) is 0 Å². The Balaban J connectivity index is 1.87. The molecule has 2 heterocycles. The van der Waals surface area contributed by atoms with Crippen LogP contribution in [0.25, 0.3) is 0 Å². The first-order valence-corrected chi connectivity index (χ1v) is 6.51. The summed E-state index contributed by atoms with van der Waals surface area (Å²) in [6.45, 7) is 3.53. The minimum Gasteiger partial charge on any atom is -0.396 e. The Morgan fingerprint density at radius 1 is 1.64 bits per heavy atom. The van der Waals surface area contributed by atoms with Crippen molar-refractivity contribution in [2.75, 3.05) is 19.7 Å². The van der Waals surface area contributed by atoms with Crippen molar-refractivity contribution in [3.05, 3.63) is 20.8 Å². The Morgan fingerprint density at radius 3 is 3.07 bits per heavy atom. The van der Waals surface area contributed by atoms with Gasteiger partial charge in [0, 0.05) is 19.7 Å². The van der Waals surface area contributed by atoms with Crippen molar-refractivity contribution in [1.29, 1.82) is 0 Å². The highest BCUT2D eigenvalue weighted by atomic mass is 79.9. The van der Waals surface area contributed by atoms with Gasteiger partial charge < -0.3 is 5.11 Å². The maximum absolute atomic E-state index is 9.02. The summed E-state index contributed by atoms with van der Waals surface area (Å²) in [6, 6.07) is 2.18. The highest BCUT2D eigenvalue weighted by Gasteiger charge is 2.21. The van der Waals surface area contributed by atoms with Gasteiger partial charge in [-0.15, -0.1) is 11.3 Å². The van der Waals surface area contributed by atoms with E-state index in [0.717, 1.165) is 26.1 Å². The van der Waals surface area contributed by atoms with Crippen LogP contribution in [-0.2, 0) is 6.54 Å². The van der Waals surface area contributed by atoms with Crippen LogP contribution >= 0.6 is 27.3 Å². The zero-order valence-electron chi connectivity index (χ0n) is 7.95. The van der Waals surface area contributed by atoms with Crippen LogP contribution in [0.4, 0.5) is 0 Å². The van der Waals surface area contributed by atoms with E-state index in [1.54, 1.807) is 11.3 Å². The van der Waals surface area contributed by atoms with E-state index in [1.165, 1.54) is 9.35 Å². The molecule has 0 bridgehead atoms. The Morgan fingerprint density at radius 2 is 2.50 bits per heavy atom. The van der Waals surface area contributed by atoms with Crippen LogP contribution in [0.5, 0.6) is 0 Å². The second kappa shape index (κ2) is 4.75. The summed E-state index contributed by atoms with van der Waals surface area (Å²) >= 11 is 5.20. The summed E-state index contributed by atoms with van der Waals surface area (Å²) in [6.07, 6.45) is 1.14. The van der Waals surface area contributed by atoms with Gasteiger partial charge in [-0.3, -0.25) is 4.90 Å². The van der Waals surface area contributed by atoms with Crippen molar-refractivity contribution in [2.24, 2.45) is 5.92 Å². The Bertz CT molecular complexity index is 302. The van der Waals surface area contributed by atoms with E-state index < -0.39 is 0 Å². The predicted molar refractivity (Wildman–Crippen MR) is 62.5 cm³/mol. The Kier molecular flexibility index (Phi) is 3.60. The monoisotopic (exact) mass is 275 g/mol. The summed E-state index contributed by atoms with van der Waals surface area (Å²) in [7, 11) is 0. The molecule has 0 saturated carbocycles. The maximum Gasteiger partial charge on any atom is 0.0701 e. The summed E-state index contributed by atoms with van der Waals surface area (Å²) in [5.41, 5.74) is 1.38. The average Bonchev–Trinajstić information content (AvgIpc) is 2.76. The fraction of sp³-hybridized carbons (Fsp3) is 0.600. The third kappa shape index (κ3) is 2.57. The smallest absolute Gasteiger partial charge is 0.0701 e. The van der Waals surface area contributed by atoms with Crippen LogP contribution in [0, 0.1) is 5.92 Å². The normalized spacial score (nSPS) is 23.1. The van der Waals surface area contributed by atoms with E-state index in [0.29, 0.717) is 12.5 Å². The molecule has 1 aromatic heterocycles. The second-order valence-electron chi connectivity index (χ2n) is 3.83. The van der Waals surface area contributed by atoms with Crippen molar-refractivity contribution in [3.63, 3.8) is 0 Å². The number of rotatable bonds is 3. The molecular formula is C10H14BrNOS. The summed E-state index contributed by atoms with van der Waals surface area (Å²) in [4.78, 5) is 2.41. The van der Waals surface area contributed by atoms with Gasteiger partial charge in [0.1, 0.15) is 0 Å². The van der Waals surface area contributed by atoms with E-state index in [4.69, 9.17) is 5.11 Å². The third-order valence-corrected chi connectivity index (χ3v) is 4.21. The first kappa shape index (κ1) is 10.6. The maximum atomic E-state index is 9.02. The lowest BCUT2D eigenvalue weighted by molar-refractivity contribution is 0.220. The van der Waals surface area contributed by atoms with Crippen molar-refractivity contribution in [1.82, 2.24) is 4.90 Å². The number of halogens is 1. The van der Waals surface area contributed by atoms with E-state index in [9.17, 15) is 0 Å². The second-order valence-corrected chi connectivity index (χ2v) is 6.12. The molecule has 0 amide bonds. The molecule has 1 aliphatic heterocycles. The van der Waals surface area contributed by atoms with Gasteiger partial charge in [0.15, 0.2) is 0 Å². The fourth-order valence-electron chi connectivity index (χ4n) is 1.89. The van der Waals surface area contributed by atoms with Crippen LogP contribution in [0.3, 0.4) is 0 Å². The zero-order chi connectivity index (χ0) is 9.97. The van der Waals surface area contributed by atoms with Gasteiger partial charge >= 0.3 is 0 Å². The fourth-order valence-corrected chi connectivity index (χ4v) is 3.09. The first-order chi connectivity index (χ1) is 6.78. The van der Waals surface area contributed by atoms with Gasteiger partial charge in [0.05, 0.1) is 3.79 Å². The molecule has 0 spiro atoms. The van der Waals surface area contributed by atoms with Crippen molar-refractivity contribution >= 4 is 27.3 Å². The molecule has 0 aromatic carbocycles. The van der Waals surface area contributed by atoms with Gasteiger partial charge in [-0.25, -0.2) is 0 Å². The molecule has 2 nitrogen and oxygen atoms in total. The zero-order valence-corrected chi connectivity index (χ0v) is 10.4. The molecule has 78 valence electrons. The molecule has 1 saturated heterocycles. The number of aliphatic hydroxyl groups excluding tert-OH is 1. The number of nitrogens with zero attached hydrogens (tertiary/aromatic N) is 1. The van der Waals surface area contributed by atoms with Crippen LogP contribution < -0.4 is 0 Å². The van der Waals surface area contributed by atoms with Gasteiger partial charge in [-0.1, -0.05) is 0 Å². The van der Waals surface area contributed by atoms with Gasteiger partial charge in [-0.2, -0.15) is 0 Å². The number of aliphatic hydroxyl groups is 1. The van der Waals surface area contributed by atoms with Crippen molar-refractivity contribution in [2.45, 2.75) is 13.0 Å². The van der Waals surface area contributed by atoms with E-state index >= 15 is 0 Å². The van der Waals surface area contributed by atoms with Gasteiger partial charge in [0.25, 0.3) is 0 Å². The van der Waals surface area contributed by atoms with Gasteiger partial charge in [-0.05, 0) is 51.8 Å². The van der Waals surface area contributed by atoms with Gasteiger partial charge in [0.2, 0.25) is 0 Å². The lowest BCUT2D eigenvalue weighted by atomic mass is 10.1. The minimum atomic E-state index is 0.337. The molecule has 0 radical (unpaired) electrons. The van der Waals surface area contributed by atoms with Crippen molar-refractivity contribution < 1.29 is 5.11 Å². The topological polar surface area (TPSA) is 23.5 Å². The molecule has 14 heavy (non-hydrogen) atoms. The van der Waals surface area contributed by atoms with E-state index in [2.05, 4.69) is 32.3 Å². The van der Waals surface area contributed by atoms with E-state index in [1.807, 2.05) is 0 Å². The average molecular weight is 276 g/mol. The molecule has 1 aliphatic rings. The molecule has 1 unspecified atom stereocenters. The predicted octanol–water partition coefficient (Wildman–Crippen LogP) is 2.32. The first-order valence-electron chi connectivity index (χ1n) is 4.84. The standard InChI is InChI=1S/C10H14BrNOS/c11-10-3-9(7-14-10)5-12-2-1-8(4-12)6-13/h3,7-8,13H,1-2,4-6H2. The SMILES string of the molecule is OCC1CCN(Cc2csc(Br)c2)C1. The highest BCUT2D eigenvalue weighted by molar-refractivity contribution is 9.11. The number of hydrogen-bond acceptors (Lipinski definition) is 3. The molecule has 0 aliphatic carbocycles. The number of hydrogen-bond donors (Lipinski definition) is 1. The molecule has 4 heteroatoms. The number of likely N-dealkylation sites (tertiary alicyclic amines) is 1. The molecule has 1 fully saturated rings. The number of thiophene rings is 1. The molecule has 1 atom stereocenters. The Hall–Kier alpha value is 0.100. The van der Waals surface area contributed by atoms with Crippen LogP contribution in [-0.4, -0.2) is 29.7 Å². The summed E-state index contributed by atoms with van der Waals surface area (Å²) in [5.74, 6) is 0.497. The molecule has 1 aromatic rings. The lowest BCUT2D eigenvalue weighted by Gasteiger charge is -2.14. The van der Waals surface area contributed by atoms with Crippen LogP contribution in [0.1, 0.15) is 12.0 Å². The largest absolute Gasteiger partial charge is 0.396 e. The molecular weight excluding hydrogens is 262 g/mol. The minimum absolute atomic E-state index is 0.337. The van der Waals surface area contributed by atoms with Crippen molar-refractivity contribution in [3.8, 4) is 0 Å². The summed E-state index contributed by atoms with van der Waals surface area (Å²) < 4.78 is 1.20. The Labute approximate surface area is 96.7 Å². The third-order valence-electron chi connectivity index (χ3n) is 2.66. The molecule has 1 N–H and O–H groups in total.